The summed E-state index contributed by atoms with van der Waals surface area (Å²) < 4.78 is 6.42. The summed E-state index contributed by atoms with van der Waals surface area (Å²) in [6.45, 7) is 8.98. The van der Waals surface area contributed by atoms with Crippen LogP contribution in [0.15, 0.2) is 0 Å². The smallest absolute Gasteiger partial charge is 0.328 e. The molecule has 0 unspecified atom stereocenters. The van der Waals surface area contributed by atoms with Gasteiger partial charge in [-0.15, -0.1) is 0 Å². The number of nitrogens with one attached hydrogen (secondary N) is 1. The van der Waals surface area contributed by atoms with Crippen LogP contribution in [0, 0.1) is 13.8 Å². The van der Waals surface area contributed by atoms with Crippen molar-refractivity contribution in [2.45, 2.75) is 53.1 Å². The van der Waals surface area contributed by atoms with Crippen molar-refractivity contribution in [3.63, 3.8) is 0 Å². The zero-order chi connectivity index (χ0) is 16.2. The first-order valence-electron chi connectivity index (χ1n) is 6.92. The van der Waals surface area contributed by atoms with E-state index in [-0.39, 0.29) is 24.6 Å². The average molecular weight is 296 g/mol. The van der Waals surface area contributed by atoms with Gasteiger partial charge in [0, 0.05) is 5.54 Å². The van der Waals surface area contributed by atoms with Gasteiger partial charge in [0.05, 0.1) is 17.1 Å². The highest BCUT2D eigenvalue weighted by Gasteiger charge is 2.19. The van der Waals surface area contributed by atoms with Crippen molar-refractivity contribution in [2.75, 3.05) is 12.3 Å². The normalized spacial score (nSPS) is 11.3. The van der Waals surface area contributed by atoms with Gasteiger partial charge in [0.25, 0.3) is 5.91 Å². The summed E-state index contributed by atoms with van der Waals surface area (Å²) in [5.41, 5.74) is 7.41. The van der Waals surface area contributed by atoms with E-state index in [4.69, 9.17) is 10.5 Å². The molecule has 21 heavy (non-hydrogen) atoms. The standard InChI is InChI=1S/C14H24N4O3/c1-6-14(4,5)16-11(19)8-21-12(20)7-18-10(3)13(15)9(2)17-18/h6-8,15H2,1-5H3,(H,16,19). The lowest BCUT2D eigenvalue weighted by Gasteiger charge is -2.24. The summed E-state index contributed by atoms with van der Waals surface area (Å²) in [5, 5.41) is 6.93. The second-order valence-electron chi connectivity index (χ2n) is 5.69. The van der Waals surface area contributed by atoms with E-state index in [1.54, 1.807) is 13.8 Å². The van der Waals surface area contributed by atoms with Crippen molar-refractivity contribution in [3.8, 4) is 0 Å². The maximum Gasteiger partial charge on any atom is 0.328 e. The maximum atomic E-state index is 11.7. The SMILES string of the molecule is CCC(C)(C)NC(=O)COC(=O)Cn1nc(C)c(N)c1C. The number of hydrogen-bond donors (Lipinski definition) is 2. The van der Waals surface area contributed by atoms with Crippen molar-refractivity contribution in [3.05, 3.63) is 11.4 Å². The first-order chi connectivity index (χ1) is 9.66. The van der Waals surface area contributed by atoms with Crippen molar-refractivity contribution in [1.29, 1.82) is 0 Å². The molecule has 0 aliphatic rings. The summed E-state index contributed by atoms with van der Waals surface area (Å²) >= 11 is 0. The van der Waals surface area contributed by atoms with E-state index in [0.29, 0.717) is 17.1 Å². The largest absolute Gasteiger partial charge is 0.454 e. The van der Waals surface area contributed by atoms with Crippen molar-refractivity contribution < 1.29 is 14.3 Å². The lowest BCUT2D eigenvalue weighted by Crippen LogP contribution is -2.44. The number of hydrogen-bond acceptors (Lipinski definition) is 5. The third-order valence-corrected chi connectivity index (χ3v) is 3.44. The molecule has 0 aromatic carbocycles. The highest BCUT2D eigenvalue weighted by Crippen LogP contribution is 2.14. The van der Waals surface area contributed by atoms with Crippen LogP contribution < -0.4 is 11.1 Å². The first kappa shape index (κ1) is 17.0. The Balaban J connectivity index is 2.48. The van der Waals surface area contributed by atoms with Gasteiger partial charge in [-0.25, -0.2) is 0 Å². The van der Waals surface area contributed by atoms with Gasteiger partial charge in [0.15, 0.2) is 6.61 Å². The van der Waals surface area contributed by atoms with Gasteiger partial charge in [0.1, 0.15) is 6.54 Å². The molecule has 0 saturated carbocycles. The number of nitrogen functional groups attached to an aromatic ring is 1. The minimum absolute atomic E-state index is 0.0612. The molecular weight excluding hydrogens is 272 g/mol. The fraction of sp³-hybridized carbons (Fsp3) is 0.643. The Bertz CT molecular complexity index is 535. The Kier molecular flexibility index (Phi) is 5.34. The number of carbonyl (C=O) groups excluding carboxylic acids is 2. The van der Waals surface area contributed by atoms with Crippen molar-refractivity contribution >= 4 is 17.6 Å². The molecule has 7 nitrogen and oxygen atoms in total. The molecule has 1 aromatic rings. The zero-order valence-electron chi connectivity index (χ0n) is 13.3. The number of nitrogens with zero attached hydrogens (tertiary/aromatic N) is 2. The molecule has 1 aromatic heterocycles. The van der Waals surface area contributed by atoms with E-state index in [0.717, 1.165) is 6.42 Å². The molecule has 0 aliphatic carbocycles. The quantitative estimate of drug-likeness (QED) is 0.761. The van der Waals surface area contributed by atoms with Crippen molar-refractivity contribution in [1.82, 2.24) is 15.1 Å². The van der Waals surface area contributed by atoms with Gasteiger partial charge in [-0.3, -0.25) is 14.3 Å². The minimum atomic E-state index is -0.523. The molecular formula is C14H24N4O3. The summed E-state index contributed by atoms with van der Waals surface area (Å²) in [6.07, 6.45) is 0.789. The highest BCUT2D eigenvalue weighted by atomic mass is 16.5. The third-order valence-electron chi connectivity index (χ3n) is 3.44. The number of aryl methyl sites for hydroxylation is 1. The van der Waals surface area contributed by atoms with Crippen LogP contribution in [-0.2, 0) is 20.9 Å². The number of amides is 1. The number of esters is 1. The highest BCUT2D eigenvalue weighted by molar-refractivity contribution is 5.81. The molecule has 0 saturated heterocycles. The molecule has 0 bridgehead atoms. The monoisotopic (exact) mass is 296 g/mol. The predicted octanol–water partition coefficient (Wildman–Crippen LogP) is 0.930. The summed E-state index contributed by atoms with van der Waals surface area (Å²) in [4.78, 5) is 23.4. The molecule has 1 heterocycles. The van der Waals surface area contributed by atoms with E-state index in [9.17, 15) is 9.59 Å². The molecule has 0 radical (unpaired) electrons. The van der Waals surface area contributed by atoms with Crippen molar-refractivity contribution in [2.24, 2.45) is 0 Å². The Morgan fingerprint density at radius 3 is 2.48 bits per heavy atom. The van der Waals surface area contributed by atoms with Gasteiger partial charge >= 0.3 is 5.97 Å². The fourth-order valence-corrected chi connectivity index (χ4v) is 1.68. The van der Waals surface area contributed by atoms with Crippen LogP contribution in [0.25, 0.3) is 0 Å². The van der Waals surface area contributed by atoms with Gasteiger partial charge < -0.3 is 15.8 Å². The molecule has 0 spiro atoms. The zero-order valence-corrected chi connectivity index (χ0v) is 13.3. The number of aromatic nitrogens is 2. The van der Waals surface area contributed by atoms with E-state index in [1.165, 1.54) is 4.68 Å². The Hall–Kier alpha value is -2.05. The third kappa shape index (κ3) is 4.77. The van der Waals surface area contributed by atoms with Gasteiger partial charge in [0.2, 0.25) is 0 Å². The van der Waals surface area contributed by atoms with E-state index >= 15 is 0 Å². The number of nitrogens with two attached hydrogens (primary N) is 1. The van der Waals surface area contributed by atoms with Gasteiger partial charge in [-0.1, -0.05) is 6.92 Å². The van der Waals surface area contributed by atoms with Crippen LogP contribution in [0.2, 0.25) is 0 Å². The van der Waals surface area contributed by atoms with Crippen LogP contribution in [0.5, 0.6) is 0 Å². The predicted molar refractivity (Wildman–Crippen MR) is 79.6 cm³/mol. The lowest BCUT2D eigenvalue weighted by molar-refractivity contribution is -0.149. The van der Waals surface area contributed by atoms with Crippen LogP contribution in [0.3, 0.4) is 0 Å². The summed E-state index contributed by atoms with van der Waals surface area (Å²) in [6, 6.07) is 0. The molecule has 0 atom stereocenters. The molecule has 3 N–H and O–H groups in total. The molecule has 0 aliphatic heterocycles. The number of rotatable bonds is 6. The maximum absolute atomic E-state index is 11.7. The average Bonchev–Trinajstić information content (AvgIpc) is 2.63. The topological polar surface area (TPSA) is 99.2 Å². The second kappa shape index (κ2) is 6.60. The molecule has 1 amide bonds. The number of carbonyl (C=O) groups is 2. The summed E-state index contributed by atoms with van der Waals surface area (Å²) in [7, 11) is 0. The first-order valence-corrected chi connectivity index (χ1v) is 6.92. The molecule has 7 heteroatoms. The van der Waals surface area contributed by atoms with Crippen LogP contribution in [-0.4, -0.2) is 33.8 Å². The molecule has 1 rings (SSSR count). The van der Waals surface area contributed by atoms with Gasteiger partial charge in [-0.2, -0.15) is 5.10 Å². The van der Waals surface area contributed by atoms with Gasteiger partial charge in [-0.05, 0) is 34.1 Å². The summed E-state index contributed by atoms with van der Waals surface area (Å²) in [5.74, 6) is -0.840. The van der Waals surface area contributed by atoms with E-state index in [2.05, 4.69) is 10.4 Å². The Labute approximate surface area is 124 Å². The van der Waals surface area contributed by atoms with E-state index < -0.39 is 5.97 Å². The lowest BCUT2D eigenvalue weighted by atomic mass is 10.0. The molecule has 118 valence electrons. The Morgan fingerprint density at radius 2 is 2.00 bits per heavy atom. The number of anilines is 1. The van der Waals surface area contributed by atoms with Crippen LogP contribution >= 0.6 is 0 Å². The Morgan fingerprint density at radius 1 is 1.38 bits per heavy atom. The van der Waals surface area contributed by atoms with Crippen LogP contribution in [0.4, 0.5) is 5.69 Å². The molecule has 0 fully saturated rings. The second-order valence-corrected chi connectivity index (χ2v) is 5.69. The minimum Gasteiger partial charge on any atom is -0.454 e. The van der Waals surface area contributed by atoms with Crippen LogP contribution in [0.1, 0.15) is 38.6 Å². The number of ether oxygens (including phenoxy) is 1. The fourth-order valence-electron chi connectivity index (χ4n) is 1.68. The van der Waals surface area contributed by atoms with E-state index in [1.807, 2.05) is 20.8 Å².